The number of hydrogen-bond donors (Lipinski definition) is 1. The van der Waals surface area contributed by atoms with Crippen LogP contribution in [0, 0.1) is 10.1 Å². The van der Waals surface area contributed by atoms with E-state index in [-0.39, 0.29) is 23.8 Å². The number of para-hydroxylation sites is 3. The van der Waals surface area contributed by atoms with E-state index in [0.29, 0.717) is 31.8 Å². The van der Waals surface area contributed by atoms with Gasteiger partial charge in [-0.25, -0.2) is 4.79 Å². The highest BCUT2D eigenvalue weighted by Gasteiger charge is 2.22. The standard InChI is InChI=1S/C21H20N4O5/c26-20(22-16-6-2-3-7-17(16)25(28)29)14-23-9-11-24(12-10-23)18-13-21(27)30-19-8-4-1-5-15(18)19/h1-8,13H,9-12,14H2,(H,22,26). The molecular formula is C21H20N4O5. The van der Waals surface area contributed by atoms with E-state index in [1.165, 1.54) is 18.2 Å². The molecule has 154 valence electrons. The minimum absolute atomic E-state index is 0.134. The van der Waals surface area contributed by atoms with Crippen molar-refractivity contribution in [3.8, 4) is 0 Å². The average molecular weight is 408 g/mol. The molecule has 0 bridgehead atoms. The molecule has 0 atom stereocenters. The normalized spacial score (nSPS) is 14.6. The maximum Gasteiger partial charge on any atom is 0.338 e. The van der Waals surface area contributed by atoms with E-state index in [1.807, 2.05) is 23.1 Å². The zero-order valence-corrected chi connectivity index (χ0v) is 16.1. The highest BCUT2D eigenvalue weighted by atomic mass is 16.6. The summed E-state index contributed by atoms with van der Waals surface area (Å²) in [5.41, 5.74) is 1.03. The molecule has 1 N–H and O–H groups in total. The Morgan fingerprint density at radius 2 is 1.77 bits per heavy atom. The molecule has 0 aliphatic carbocycles. The summed E-state index contributed by atoms with van der Waals surface area (Å²) < 4.78 is 5.26. The Labute approximate surface area is 171 Å². The number of hydrogen-bond acceptors (Lipinski definition) is 7. The number of piperazine rings is 1. The van der Waals surface area contributed by atoms with Crippen molar-refractivity contribution in [2.24, 2.45) is 0 Å². The van der Waals surface area contributed by atoms with Gasteiger partial charge in [-0.05, 0) is 18.2 Å². The van der Waals surface area contributed by atoms with Gasteiger partial charge in [0.2, 0.25) is 5.91 Å². The fourth-order valence-electron chi connectivity index (χ4n) is 3.63. The van der Waals surface area contributed by atoms with Crippen LogP contribution in [0.3, 0.4) is 0 Å². The van der Waals surface area contributed by atoms with Crippen LogP contribution in [0.5, 0.6) is 0 Å². The molecule has 1 aromatic heterocycles. The first-order chi connectivity index (χ1) is 14.5. The summed E-state index contributed by atoms with van der Waals surface area (Å²) in [6, 6.07) is 15.0. The van der Waals surface area contributed by atoms with Crippen molar-refractivity contribution < 1.29 is 14.1 Å². The Morgan fingerprint density at radius 1 is 1.07 bits per heavy atom. The van der Waals surface area contributed by atoms with E-state index in [0.717, 1.165) is 11.1 Å². The number of nitrogens with one attached hydrogen (secondary N) is 1. The van der Waals surface area contributed by atoms with Crippen LogP contribution < -0.4 is 15.8 Å². The predicted molar refractivity (Wildman–Crippen MR) is 113 cm³/mol. The van der Waals surface area contributed by atoms with Crippen molar-refractivity contribution in [1.29, 1.82) is 0 Å². The fourth-order valence-corrected chi connectivity index (χ4v) is 3.63. The summed E-state index contributed by atoms with van der Waals surface area (Å²) in [5, 5.41) is 14.6. The Morgan fingerprint density at radius 3 is 2.53 bits per heavy atom. The van der Waals surface area contributed by atoms with Crippen molar-refractivity contribution in [3.63, 3.8) is 0 Å². The van der Waals surface area contributed by atoms with E-state index in [9.17, 15) is 19.7 Å². The lowest BCUT2D eigenvalue weighted by Crippen LogP contribution is -2.48. The molecule has 0 unspecified atom stereocenters. The van der Waals surface area contributed by atoms with Gasteiger partial charge in [-0.1, -0.05) is 24.3 Å². The second-order valence-corrected chi connectivity index (χ2v) is 7.03. The lowest BCUT2D eigenvalue weighted by atomic mass is 10.1. The highest BCUT2D eigenvalue weighted by molar-refractivity contribution is 5.94. The zero-order chi connectivity index (χ0) is 21.1. The van der Waals surface area contributed by atoms with Crippen LogP contribution in [0.2, 0.25) is 0 Å². The summed E-state index contributed by atoms with van der Waals surface area (Å²) in [6.07, 6.45) is 0. The van der Waals surface area contributed by atoms with E-state index in [4.69, 9.17) is 4.42 Å². The first kappa shape index (κ1) is 19.6. The van der Waals surface area contributed by atoms with Gasteiger partial charge < -0.3 is 14.6 Å². The largest absolute Gasteiger partial charge is 0.423 e. The molecule has 0 radical (unpaired) electrons. The maximum absolute atomic E-state index is 12.4. The van der Waals surface area contributed by atoms with Crippen molar-refractivity contribution in [2.75, 3.05) is 42.9 Å². The first-order valence-electron chi connectivity index (χ1n) is 9.55. The van der Waals surface area contributed by atoms with Crippen LogP contribution in [0.15, 0.2) is 63.8 Å². The molecule has 9 heteroatoms. The number of nitro benzene ring substituents is 1. The number of amides is 1. The predicted octanol–water partition coefficient (Wildman–Crippen LogP) is 2.46. The number of carbonyl (C=O) groups is 1. The number of nitrogens with zero attached hydrogens (tertiary/aromatic N) is 3. The van der Waals surface area contributed by atoms with Gasteiger partial charge in [0.1, 0.15) is 11.3 Å². The summed E-state index contributed by atoms with van der Waals surface area (Å²) in [4.78, 5) is 38.9. The van der Waals surface area contributed by atoms with E-state index < -0.39 is 10.5 Å². The lowest BCUT2D eigenvalue weighted by molar-refractivity contribution is -0.383. The van der Waals surface area contributed by atoms with Crippen LogP contribution in [0.1, 0.15) is 0 Å². The number of nitro groups is 1. The molecule has 1 fully saturated rings. The Hall–Kier alpha value is -3.72. The molecule has 1 aliphatic rings. The minimum atomic E-state index is -0.519. The zero-order valence-electron chi connectivity index (χ0n) is 16.1. The highest BCUT2D eigenvalue weighted by Crippen LogP contribution is 2.26. The third kappa shape index (κ3) is 4.15. The molecule has 1 amide bonds. The van der Waals surface area contributed by atoms with Gasteiger partial charge in [-0.2, -0.15) is 0 Å². The van der Waals surface area contributed by atoms with Crippen molar-refractivity contribution in [2.45, 2.75) is 0 Å². The summed E-state index contributed by atoms with van der Waals surface area (Å²) in [5.74, 6) is -0.302. The third-order valence-electron chi connectivity index (χ3n) is 5.08. The topological polar surface area (TPSA) is 109 Å². The second-order valence-electron chi connectivity index (χ2n) is 7.03. The van der Waals surface area contributed by atoms with Crippen LogP contribution >= 0.6 is 0 Å². The van der Waals surface area contributed by atoms with Crippen LogP contribution in [0.4, 0.5) is 17.1 Å². The number of anilines is 2. The number of rotatable bonds is 5. The van der Waals surface area contributed by atoms with Crippen LogP contribution in [0.25, 0.3) is 11.0 Å². The summed E-state index contributed by atoms with van der Waals surface area (Å²) in [7, 11) is 0. The Kier molecular flexibility index (Phi) is 5.44. The van der Waals surface area contributed by atoms with E-state index in [1.54, 1.807) is 18.2 Å². The molecule has 0 spiro atoms. The molecular weight excluding hydrogens is 388 g/mol. The van der Waals surface area contributed by atoms with Crippen LogP contribution in [-0.4, -0.2) is 48.5 Å². The molecule has 3 aromatic rings. The molecule has 9 nitrogen and oxygen atoms in total. The van der Waals surface area contributed by atoms with Gasteiger partial charge in [0.05, 0.1) is 17.2 Å². The molecule has 0 saturated carbocycles. The minimum Gasteiger partial charge on any atom is -0.423 e. The number of benzene rings is 2. The SMILES string of the molecule is O=C(CN1CCN(c2cc(=O)oc3ccccc23)CC1)Nc1ccccc1[N+](=O)[O-]. The maximum atomic E-state index is 12.4. The smallest absolute Gasteiger partial charge is 0.338 e. The quantitative estimate of drug-likeness (QED) is 0.392. The van der Waals surface area contributed by atoms with E-state index in [2.05, 4.69) is 10.2 Å². The lowest BCUT2D eigenvalue weighted by Gasteiger charge is -2.36. The number of carbonyl (C=O) groups excluding carboxylic acids is 1. The molecule has 2 heterocycles. The van der Waals surface area contributed by atoms with Crippen molar-refractivity contribution >= 4 is 33.9 Å². The summed E-state index contributed by atoms with van der Waals surface area (Å²) in [6.45, 7) is 2.67. The molecule has 4 rings (SSSR count). The molecule has 1 aliphatic heterocycles. The Balaban J connectivity index is 1.39. The average Bonchev–Trinajstić information content (AvgIpc) is 2.74. The monoisotopic (exact) mass is 408 g/mol. The molecule has 2 aromatic carbocycles. The van der Waals surface area contributed by atoms with Gasteiger partial charge in [0.25, 0.3) is 5.69 Å². The van der Waals surface area contributed by atoms with Gasteiger partial charge in [0.15, 0.2) is 0 Å². The van der Waals surface area contributed by atoms with Crippen molar-refractivity contribution in [1.82, 2.24) is 4.90 Å². The van der Waals surface area contributed by atoms with Gasteiger partial charge in [0, 0.05) is 43.7 Å². The van der Waals surface area contributed by atoms with Crippen molar-refractivity contribution in [3.05, 3.63) is 75.1 Å². The number of fused-ring (bicyclic) bond motifs is 1. The molecule has 30 heavy (non-hydrogen) atoms. The van der Waals surface area contributed by atoms with Gasteiger partial charge in [-0.15, -0.1) is 0 Å². The Bertz CT molecular complexity index is 1150. The van der Waals surface area contributed by atoms with Gasteiger partial charge in [-0.3, -0.25) is 19.8 Å². The first-order valence-corrected chi connectivity index (χ1v) is 9.55. The molecule has 1 saturated heterocycles. The summed E-state index contributed by atoms with van der Waals surface area (Å²) >= 11 is 0. The third-order valence-corrected chi connectivity index (χ3v) is 5.08. The van der Waals surface area contributed by atoms with Gasteiger partial charge >= 0.3 is 5.63 Å². The van der Waals surface area contributed by atoms with Crippen LogP contribution in [-0.2, 0) is 4.79 Å². The second kappa shape index (κ2) is 8.34. The van der Waals surface area contributed by atoms with E-state index >= 15 is 0 Å². The fraction of sp³-hybridized carbons (Fsp3) is 0.238.